The molecule has 0 aliphatic carbocycles. The van der Waals surface area contributed by atoms with E-state index in [4.69, 9.17) is 0 Å². The number of hydrogen-bond donors (Lipinski definition) is 1. The van der Waals surface area contributed by atoms with Gasteiger partial charge in [-0.05, 0) is 54.3 Å². The number of thioether (sulfide) groups is 1. The van der Waals surface area contributed by atoms with Crippen molar-refractivity contribution in [2.24, 2.45) is 0 Å². The molecule has 1 atom stereocenters. The molecule has 0 spiro atoms. The van der Waals surface area contributed by atoms with Gasteiger partial charge in [0.25, 0.3) is 5.91 Å². The van der Waals surface area contributed by atoms with E-state index in [9.17, 15) is 9.59 Å². The highest BCUT2D eigenvalue weighted by Crippen LogP contribution is 2.43. The smallest absolute Gasteiger partial charge is 0.255 e. The lowest BCUT2D eigenvalue weighted by atomic mass is 10.1. The molecule has 0 radical (unpaired) electrons. The van der Waals surface area contributed by atoms with Crippen LogP contribution in [-0.4, -0.2) is 17.6 Å². The molecule has 30 heavy (non-hydrogen) atoms. The van der Waals surface area contributed by atoms with Crippen LogP contribution in [0.4, 0.5) is 11.4 Å². The van der Waals surface area contributed by atoms with E-state index >= 15 is 0 Å². The van der Waals surface area contributed by atoms with E-state index in [1.807, 2.05) is 78.6 Å². The third-order valence-corrected chi connectivity index (χ3v) is 6.56. The zero-order chi connectivity index (χ0) is 21.1. The van der Waals surface area contributed by atoms with Crippen molar-refractivity contribution in [2.75, 3.05) is 16.0 Å². The van der Waals surface area contributed by atoms with E-state index in [0.29, 0.717) is 11.3 Å². The van der Waals surface area contributed by atoms with Crippen LogP contribution in [-0.2, 0) is 11.2 Å². The predicted octanol–water partition coefficient (Wildman–Crippen LogP) is 5.59. The Morgan fingerprint density at radius 1 is 1.03 bits per heavy atom. The van der Waals surface area contributed by atoms with Gasteiger partial charge in [-0.25, -0.2) is 0 Å². The molecule has 152 valence electrons. The van der Waals surface area contributed by atoms with Crippen molar-refractivity contribution >= 4 is 35.0 Å². The van der Waals surface area contributed by atoms with Crippen LogP contribution in [0.25, 0.3) is 0 Å². The Balaban J connectivity index is 1.55. The summed E-state index contributed by atoms with van der Waals surface area (Å²) in [5.41, 5.74) is 5.54. The van der Waals surface area contributed by atoms with Crippen LogP contribution in [0.2, 0.25) is 0 Å². The van der Waals surface area contributed by atoms with Crippen LogP contribution in [0.5, 0.6) is 0 Å². The standard InChI is InChI=1S/C25H24N2O2S/c1-3-18-9-5-7-11-22(18)27-23(28)16-30-25(27)19-12-14-20(15-13-19)26-24(29)21-10-6-4-8-17(21)2/h4-15,25H,3,16H2,1-2H3,(H,26,29). The van der Waals surface area contributed by atoms with Gasteiger partial charge in [0.15, 0.2) is 0 Å². The summed E-state index contributed by atoms with van der Waals surface area (Å²) in [5, 5.41) is 2.90. The third-order valence-electron chi connectivity index (χ3n) is 5.34. The largest absolute Gasteiger partial charge is 0.322 e. The SMILES string of the molecule is CCc1ccccc1N1C(=O)CSC1c1ccc(NC(=O)c2ccccc2C)cc1. The first kappa shape index (κ1) is 20.2. The zero-order valence-corrected chi connectivity index (χ0v) is 17.9. The molecule has 4 nitrogen and oxygen atoms in total. The van der Waals surface area contributed by atoms with Gasteiger partial charge in [0.2, 0.25) is 5.91 Å². The molecule has 1 unspecified atom stereocenters. The van der Waals surface area contributed by atoms with E-state index in [1.165, 1.54) is 5.56 Å². The van der Waals surface area contributed by atoms with Crippen molar-refractivity contribution in [3.63, 3.8) is 0 Å². The Hall–Kier alpha value is -3.05. The lowest BCUT2D eigenvalue weighted by molar-refractivity contribution is -0.115. The highest BCUT2D eigenvalue weighted by Gasteiger charge is 2.34. The predicted molar refractivity (Wildman–Crippen MR) is 124 cm³/mol. The highest BCUT2D eigenvalue weighted by molar-refractivity contribution is 8.00. The Morgan fingerprint density at radius 2 is 1.73 bits per heavy atom. The Kier molecular flexibility index (Phi) is 5.91. The summed E-state index contributed by atoms with van der Waals surface area (Å²) in [5.74, 6) is 0.474. The van der Waals surface area contributed by atoms with E-state index in [0.717, 1.165) is 28.9 Å². The minimum Gasteiger partial charge on any atom is -0.322 e. The molecule has 2 amide bonds. The Labute approximate surface area is 181 Å². The number of para-hydroxylation sites is 1. The summed E-state index contributed by atoms with van der Waals surface area (Å²) >= 11 is 1.63. The molecule has 0 bridgehead atoms. The first-order valence-corrected chi connectivity index (χ1v) is 11.1. The summed E-state index contributed by atoms with van der Waals surface area (Å²) < 4.78 is 0. The first-order chi connectivity index (χ1) is 14.6. The van der Waals surface area contributed by atoms with Gasteiger partial charge in [-0.15, -0.1) is 11.8 Å². The van der Waals surface area contributed by atoms with Crippen LogP contribution in [0.1, 0.15) is 39.3 Å². The lowest BCUT2D eigenvalue weighted by Gasteiger charge is -2.26. The second-order valence-electron chi connectivity index (χ2n) is 7.30. The summed E-state index contributed by atoms with van der Waals surface area (Å²) in [6, 6.07) is 23.4. The molecule has 1 heterocycles. The quantitative estimate of drug-likeness (QED) is 0.590. The molecule has 1 aliphatic heterocycles. The molecule has 3 aromatic rings. The first-order valence-electron chi connectivity index (χ1n) is 10.1. The lowest BCUT2D eigenvalue weighted by Crippen LogP contribution is -2.28. The van der Waals surface area contributed by atoms with Crippen molar-refractivity contribution in [1.82, 2.24) is 0 Å². The van der Waals surface area contributed by atoms with E-state index in [-0.39, 0.29) is 17.2 Å². The average Bonchev–Trinajstić information content (AvgIpc) is 3.15. The normalized spacial score (nSPS) is 16.0. The number of anilines is 2. The second kappa shape index (κ2) is 8.76. The van der Waals surface area contributed by atoms with Crippen LogP contribution in [0, 0.1) is 6.92 Å². The number of hydrogen-bond acceptors (Lipinski definition) is 3. The van der Waals surface area contributed by atoms with Gasteiger partial charge in [-0.1, -0.05) is 55.5 Å². The number of amides is 2. The molecule has 1 saturated heterocycles. The summed E-state index contributed by atoms with van der Waals surface area (Å²) in [4.78, 5) is 27.1. The second-order valence-corrected chi connectivity index (χ2v) is 8.37. The van der Waals surface area contributed by atoms with Gasteiger partial charge >= 0.3 is 0 Å². The fourth-order valence-electron chi connectivity index (χ4n) is 3.73. The number of rotatable bonds is 5. The maximum Gasteiger partial charge on any atom is 0.255 e. The summed E-state index contributed by atoms with van der Waals surface area (Å²) in [6.45, 7) is 4.03. The topological polar surface area (TPSA) is 49.4 Å². The molecule has 1 aliphatic rings. The van der Waals surface area contributed by atoms with E-state index in [2.05, 4.69) is 18.3 Å². The molecule has 0 saturated carbocycles. The molecule has 1 fully saturated rings. The molecule has 1 N–H and O–H groups in total. The zero-order valence-electron chi connectivity index (χ0n) is 17.1. The fraction of sp³-hybridized carbons (Fsp3) is 0.200. The number of carbonyl (C=O) groups is 2. The number of nitrogens with one attached hydrogen (secondary N) is 1. The molecule has 4 rings (SSSR count). The van der Waals surface area contributed by atoms with E-state index < -0.39 is 0 Å². The van der Waals surface area contributed by atoms with Crippen molar-refractivity contribution < 1.29 is 9.59 Å². The minimum atomic E-state index is -0.121. The van der Waals surface area contributed by atoms with Crippen molar-refractivity contribution in [3.8, 4) is 0 Å². The average molecular weight is 417 g/mol. The van der Waals surface area contributed by atoms with Crippen LogP contribution in [0.15, 0.2) is 72.8 Å². The number of benzene rings is 3. The van der Waals surface area contributed by atoms with Gasteiger partial charge in [0.05, 0.1) is 5.75 Å². The van der Waals surface area contributed by atoms with Gasteiger partial charge < -0.3 is 5.32 Å². The minimum absolute atomic E-state index is 0.0636. The maximum atomic E-state index is 12.7. The fourth-order valence-corrected chi connectivity index (χ4v) is 4.90. The third kappa shape index (κ3) is 3.98. The van der Waals surface area contributed by atoms with Crippen LogP contribution < -0.4 is 10.2 Å². The highest BCUT2D eigenvalue weighted by atomic mass is 32.2. The van der Waals surface area contributed by atoms with Gasteiger partial charge in [0.1, 0.15) is 5.37 Å². The summed E-state index contributed by atoms with van der Waals surface area (Å²) in [7, 11) is 0. The molecule has 0 aromatic heterocycles. The Bertz CT molecular complexity index is 1080. The van der Waals surface area contributed by atoms with Crippen LogP contribution >= 0.6 is 11.8 Å². The molecule has 3 aromatic carbocycles. The number of nitrogens with zero attached hydrogens (tertiary/aromatic N) is 1. The van der Waals surface area contributed by atoms with E-state index in [1.54, 1.807) is 11.8 Å². The summed E-state index contributed by atoms with van der Waals surface area (Å²) in [6.07, 6.45) is 0.876. The van der Waals surface area contributed by atoms with Crippen LogP contribution in [0.3, 0.4) is 0 Å². The van der Waals surface area contributed by atoms with Crippen molar-refractivity contribution in [1.29, 1.82) is 0 Å². The number of carbonyl (C=O) groups excluding carboxylic acids is 2. The number of aryl methyl sites for hydroxylation is 2. The van der Waals surface area contributed by atoms with Gasteiger partial charge in [-0.2, -0.15) is 0 Å². The van der Waals surface area contributed by atoms with Gasteiger partial charge in [0, 0.05) is 16.9 Å². The van der Waals surface area contributed by atoms with Crippen molar-refractivity contribution in [3.05, 3.63) is 95.1 Å². The molecular formula is C25H24N2O2S. The van der Waals surface area contributed by atoms with Gasteiger partial charge in [-0.3, -0.25) is 14.5 Å². The molecule has 5 heteroatoms. The maximum absolute atomic E-state index is 12.7. The molecular weight excluding hydrogens is 392 g/mol. The Morgan fingerprint density at radius 3 is 2.47 bits per heavy atom. The van der Waals surface area contributed by atoms with Crippen molar-refractivity contribution in [2.45, 2.75) is 25.6 Å². The monoisotopic (exact) mass is 416 g/mol.